The van der Waals surface area contributed by atoms with Crippen molar-refractivity contribution in [3.63, 3.8) is 0 Å². The Balaban J connectivity index is 1.60. The minimum absolute atomic E-state index is 0.0869. The quantitative estimate of drug-likeness (QED) is 0.587. The van der Waals surface area contributed by atoms with Crippen molar-refractivity contribution in [2.75, 3.05) is 12.8 Å². The van der Waals surface area contributed by atoms with Gasteiger partial charge in [0, 0.05) is 51.5 Å². The standard InChI is InChI=1S/C17H16BrN3O2S2/c1-25(22,23)17-19-8-11-6-7-21(9-13(11)20-17)10-15-16(18)12-4-2-3-5-14(12)24-15/h2-5,8H,6-7,9-10H2,1H3. The number of sulfone groups is 1. The molecule has 4 rings (SSSR count). The lowest BCUT2D eigenvalue weighted by atomic mass is 10.1. The van der Waals surface area contributed by atoms with Gasteiger partial charge in [-0.2, -0.15) is 0 Å². The van der Waals surface area contributed by atoms with E-state index in [-0.39, 0.29) is 5.16 Å². The number of hydrogen-bond acceptors (Lipinski definition) is 6. The van der Waals surface area contributed by atoms with Gasteiger partial charge in [0.15, 0.2) is 0 Å². The molecule has 130 valence electrons. The summed E-state index contributed by atoms with van der Waals surface area (Å²) in [5.41, 5.74) is 1.86. The van der Waals surface area contributed by atoms with Crippen LogP contribution in [0.15, 0.2) is 40.1 Å². The molecule has 8 heteroatoms. The molecule has 1 aliphatic heterocycles. The molecule has 0 atom stereocenters. The highest BCUT2D eigenvalue weighted by Crippen LogP contribution is 2.36. The Labute approximate surface area is 158 Å². The van der Waals surface area contributed by atoms with Crippen molar-refractivity contribution in [1.82, 2.24) is 14.9 Å². The average molecular weight is 438 g/mol. The first-order chi connectivity index (χ1) is 11.9. The van der Waals surface area contributed by atoms with Crippen LogP contribution in [0.25, 0.3) is 10.1 Å². The van der Waals surface area contributed by atoms with E-state index in [1.807, 2.05) is 6.07 Å². The fourth-order valence-electron chi connectivity index (χ4n) is 3.02. The topological polar surface area (TPSA) is 63.2 Å². The van der Waals surface area contributed by atoms with E-state index in [1.165, 1.54) is 15.0 Å². The Morgan fingerprint density at radius 1 is 1.32 bits per heavy atom. The number of benzene rings is 1. The highest BCUT2D eigenvalue weighted by molar-refractivity contribution is 9.10. The molecule has 2 aromatic heterocycles. The lowest BCUT2D eigenvalue weighted by Crippen LogP contribution is -2.31. The van der Waals surface area contributed by atoms with Crippen molar-refractivity contribution in [3.05, 3.63) is 51.1 Å². The number of nitrogens with zero attached hydrogens (tertiary/aromatic N) is 3. The second kappa shape index (κ2) is 6.42. The monoisotopic (exact) mass is 437 g/mol. The lowest BCUT2D eigenvalue weighted by Gasteiger charge is -2.27. The van der Waals surface area contributed by atoms with Crippen molar-refractivity contribution < 1.29 is 8.42 Å². The van der Waals surface area contributed by atoms with Crippen molar-refractivity contribution in [2.45, 2.75) is 24.7 Å². The summed E-state index contributed by atoms with van der Waals surface area (Å²) in [4.78, 5) is 11.9. The molecule has 0 amide bonds. The molecule has 3 heterocycles. The number of fused-ring (bicyclic) bond motifs is 2. The molecule has 0 saturated carbocycles. The summed E-state index contributed by atoms with van der Waals surface area (Å²) in [7, 11) is -3.38. The van der Waals surface area contributed by atoms with Gasteiger partial charge in [0.25, 0.3) is 0 Å². The molecule has 0 N–H and O–H groups in total. The zero-order valence-corrected chi connectivity index (χ0v) is 16.8. The number of aromatic nitrogens is 2. The number of halogens is 1. The third-order valence-electron chi connectivity index (χ3n) is 4.30. The molecule has 5 nitrogen and oxygen atoms in total. The van der Waals surface area contributed by atoms with E-state index in [9.17, 15) is 8.42 Å². The van der Waals surface area contributed by atoms with E-state index in [1.54, 1.807) is 17.5 Å². The van der Waals surface area contributed by atoms with Crippen LogP contribution in [0.5, 0.6) is 0 Å². The molecular weight excluding hydrogens is 422 g/mol. The Morgan fingerprint density at radius 2 is 2.12 bits per heavy atom. The van der Waals surface area contributed by atoms with Crippen molar-refractivity contribution in [1.29, 1.82) is 0 Å². The normalized spacial score (nSPS) is 15.4. The zero-order chi connectivity index (χ0) is 17.6. The first kappa shape index (κ1) is 17.1. The van der Waals surface area contributed by atoms with E-state index in [0.717, 1.165) is 41.5 Å². The molecule has 0 aliphatic carbocycles. The fourth-order valence-corrected chi connectivity index (χ4v) is 5.53. The average Bonchev–Trinajstić information content (AvgIpc) is 2.90. The molecule has 25 heavy (non-hydrogen) atoms. The van der Waals surface area contributed by atoms with Gasteiger partial charge < -0.3 is 0 Å². The third kappa shape index (κ3) is 3.36. The van der Waals surface area contributed by atoms with Crippen molar-refractivity contribution in [3.8, 4) is 0 Å². The Hall–Kier alpha value is -1.35. The predicted molar refractivity (Wildman–Crippen MR) is 102 cm³/mol. The summed E-state index contributed by atoms with van der Waals surface area (Å²) in [6, 6.07) is 8.35. The Morgan fingerprint density at radius 3 is 2.88 bits per heavy atom. The van der Waals surface area contributed by atoms with Gasteiger partial charge in [0.2, 0.25) is 15.0 Å². The second-order valence-corrected chi connectivity index (χ2v) is 10.0. The van der Waals surface area contributed by atoms with E-state index < -0.39 is 9.84 Å². The SMILES string of the molecule is CS(=O)(=O)c1ncc2c(n1)CN(Cc1sc3ccccc3c1Br)CC2. The summed E-state index contributed by atoms with van der Waals surface area (Å²) >= 11 is 5.52. The van der Waals surface area contributed by atoms with Crippen LogP contribution < -0.4 is 0 Å². The lowest BCUT2D eigenvalue weighted by molar-refractivity contribution is 0.241. The van der Waals surface area contributed by atoms with Gasteiger partial charge in [-0.3, -0.25) is 4.90 Å². The van der Waals surface area contributed by atoms with Crippen molar-refractivity contribution >= 4 is 47.2 Å². The van der Waals surface area contributed by atoms with Gasteiger partial charge in [-0.15, -0.1) is 11.3 Å². The van der Waals surface area contributed by atoms with Crippen LogP contribution in [-0.2, 0) is 29.3 Å². The highest BCUT2D eigenvalue weighted by Gasteiger charge is 2.22. The maximum atomic E-state index is 11.7. The molecule has 0 bridgehead atoms. The molecule has 0 radical (unpaired) electrons. The van der Waals surface area contributed by atoms with Crippen molar-refractivity contribution in [2.24, 2.45) is 0 Å². The first-order valence-corrected chi connectivity index (χ1v) is 11.3. The summed E-state index contributed by atoms with van der Waals surface area (Å²) < 4.78 is 25.8. The van der Waals surface area contributed by atoms with Crippen LogP contribution in [0.3, 0.4) is 0 Å². The van der Waals surface area contributed by atoms with Gasteiger partial charge in [0.05, 0.1) is 5.69 Å². The summed E-state index contributed by atoms with van der Waals surface area (Å²) in [5.74, 6) is 0. The van der Waals surface area contributed by atoms with Gasteiger partial charge in [-0.1, -0.05) is 18.2 Å². The van der Waals surface area contributed by atoms with Crippen LogP contribution in [0.2, 0.25) is 0 Å². The summed E-state index contributed by atoms with van der Waals surface area (Å²) in [5, 5.41) is 1.15. The second-order valence-electron chi connectivity index (χ2n) is 6.19. The zero-order valence-electron chi connectivity index (χ0n) is 13.6. The van der Waals surface area contributed by atoms with Gasteiger partial charge in [-0.25, -0.2) is 18.4 Å². The summed E-state index contributed by atoms with van der Waals surface area (Å²) in [6.07, 6.45) is 3.64. The van der Waals surface area contributed by atoms with Crippen LogP contribution in [-0.4, -0.2) is 36.1 Å². The largest absolute Gasteiger partial charge is 0.292 e. The maximum absolute atomic E-state index is 11.7. The van der Waals surface area contributed by atoms with Gasteiger partial charge in [-0.05, 0) is 34.0 Å². The molecule has 0 unspecified atom stereocenters. The molecule has 0 saturated heterocycles. The number of thiophene rings is 1. The van der Waals surface area contributed by atoms with Crippen LogP contribution in [0.4, 0.5) is 0 Å². The van der Waals surface area contributed by atoms with E-state index in [0.29, 0.717) is 6.54 Å². The number of rotatable bonds is 3. The number of hydrogen-bond donors (Lipinski definition) is 0. The summed E-state index contributed by atoms with van der Waals surface area (Å²) in [6.45, 7) is 2.37. The van der Waals surface area contributed by atoms with Gasteiger partial charge in [0.1, 0.15) is 0 Å². The molecular formula is C17H16BrN3O2S2. The van der Waals surface area contributed by atoms with Crippen LogP contribution >= 0.6 is 27.3 Å². The minimum Gasteiger partial charge on any atom is -0.292 e. The molecule has 1 aliphatic rings. The van der Waals surface area contributed by atoms with Crippen LogP contribution in [0, 0.1) is 0 Å². The molecule has 0 fully saturated rings. The van der Waals surface area contributed by atoms with E-state index >= 15 is 0 Å². The predicted octanol–water partition coefficient (Wildman–Crippen LogP) is 3.42. The first-order valence-electron chi connectivity index (χ1n) is 7.85. The van der Waals surface area contributed by atoms with Gasteiger partial charge >= 0.3 is 0 Å². The minimum atomic E-state index is -3.38. The molecule has 3 aromatic rings. The maximum Gasteiger partial charge on any atom is 0.247 e. The smallest absolute Gasteiger partial charge is 0.247 e. The van der Waals surface area contributed by atoms with E-state index in [4.69, 9.17) is 0 Å². The highest BCUT2D eigenvalue weighted by atomic mass is 79.9. The third-order valence-corrected chi connectivity index (χ3v) is 7.49. The molecule has 0 spiro atoms. The Bertz CT molecular complexity index is 1060. The fraction of sp³-hybridized carbons (Fsp3) is 0.294. The Kier molecular flexibility index (Phi) is 4.39. The van der Waals surface area contributed by atoms with E-state index in [2.05, 4.69) is 49.0 Å². The molecule has 1 aromatic carbocycles. The van der Waals surface area contributed by atoms with Crippen LogP contribution in [0.1, 0.15) is 16.1 Å².